The fourth-order valence-electron chi connectivity index (χ4n) is 1.65. The number of benzene rings is 1. The molecule has 1 aromatic rings. The van der Waals surface area contributed by atoms with Gasteiger partial charge in [-0.05, 0) is 51.1 Å². The number of sulfonamides is 1. The molecule has 0 aromatic heterocycles. The van der Waals surface area contributed by atoms with Gasteiger partial charge in [0.15, 0.2) is 0 Å². The molecule has 0 bridgehead atoms. The molecule has 1 aromatic carbocycles. The third kappa shape index (κ3) is 6.43. The lowest BCUT2D eigenvalue weighted by Gasteiger charge is -2.14. The van der Waals surface area contributed by atoms with E-state index in [1.54, 1.807) is 19.1 Å². The highest BCUT2D eigenvalue weighted by atomic mass is 32.2. The van der Waals surface area contributed by atoms with E-state index in [1.165, 1.54) is 12.1 Å². The topological polar surface area (TPSA) is 90.6 Å². The van der Waals surface area contributed by atoms with Crippen LogP contribution in [0.2, 0.25) is 0 Å². The molecule has 0 amide bonds. The van der Waals surface area contributed by atoms with Crippen molar-refractivity contribution >= 4 is 10.0 Å². The molecule has 7 heteroatoms. The van der Waals surface area contributed by atoms with Crippen LogP contribution in [0.25, 0.3) is 0 Å². The van der Waals surface area contributed by atoms with Gasteiger partial charge < -0.3 is 15.2 Å². The zero-order valence-electron chi connectivity index (χ0n) is 12.5. The van der Waals surface area contributed by atoms with Crippen LogP contribution in [0.5, 0.6) is 5.75 Å². The van der Waals surface area contributed by atoms with Gasteiger partial charge in [-0.25, -0.2) is 13.1 Å². The summed E-state index contributed by atoms with van der Waals surface area (Å²) in [5.74, 6) is 0.629. The second-order valence-corrected chi connectivity index (χ2v) is 6.36. The van der Waals surface area contributed by atoms with Gasteiger partial charge in [0.05, 0.1) is 18.1 Å². The molecule has 0 saturated carbocycles. The van der Waals surface area contributed by atoms with Crippen molar-refractivity contribution in [2.45, 2.75) is 31.2 Å². The van der Waals surface area contributed by atoms with E-state index >= 15 is 0 Å². The van der Waals surface area contributed by atoms with Crippen LogP contribution in [0.1, 0.15) is 20.3 Å². The Morgan fingerprint density at radius 3 is 2.52 bits per heavy atom. The van der Waals surface area contributed by atoms with Crippen LogP contribution in [-0.2, 0) is 14.8 Å². The van der Waals surface area contributed by atoms with E-state index in [0.717, 1.165) is 6.42 Å². The normalized spacial score (nSPS) is 13.1. The smallest absolute Gasteiger partial charge is 0.240 e. The Morgan fingerprint density at radius 2 is 1.95 bits per heavy atom. The first-order valence-corrected chi connectivity index (χ1v) is 8.51. The van der Waals surface area contributed by atoms with Crippen LogP contribution in [0.15, 0.2) is 29.2 Å². The lowest BCUT2D eigenvalue weighted by atomic mass is 10.3. The van der Waals surface area contributed by atoms with Crippen molar-refractivity contribution in [3.05, 3.63) is 24.3 Å². The second-order valence-electron chi connectivity index (χ2n) is 4.64. The molecule has 6 nitrogen and oxygen atoms in total. The minimum absolute atomic E-state index is 0.206. The van der Waals surface area contributed by atoms with E-state index in [0.29, 0.717) is 32.1 Å². The summed E-state index contributed by atoms with van der Waals surface area (Å²) in [7, 11) is -3.54. The monoisotopic (exact) mass is 316 g/mol. The molecular weight excluding hydrogens is 292 g/mol. The van der Waals surface area contributed by atoms with Gasteiger partial charge in [-0.1, -0.05) is 0 Å². The third-order valence-electron chi connectivity index (χ3n) is 2.68. The molecule has 1 atom stereocenters. The first kappa shape index (κ1) is 17.9. The van der Waals surface area contributed by atoms with Crippen molar-refractivity contribution in [2.24, 2.45) is 5.73 Å². The standard InChI is InChI=1S/C14H24N2O4S/c1-3-19-11-12(2)16-21(17,18)14-7-5-13(6-8-14)20-10-4-9-15/h5-8,12,16H,3-4,9-11,15H2,1-2H3. The molecule has 0 spiro atoms. The van der Waals surface area contributed by atoms with E-state index in [4.69, 9.17) is 15.2 Å². The number of hydrogen-bond donors (Lipinski definition) is 2. The number of nitrogens with one attached hydrogen (secondary N) is 1. The summed E-state index contributed by atoms with van der Waals surface area (Å²) < 4.78 is 37.5. The first-order valence-electron chi connectivity index (χ1n) is 7.02. The molecule has 0 saturated heterocycles. The van der Waals surface area contributed by atoms with Crippen LogP contribution >= 0.6 is 0 Å². The van der Waals surface area contributed by atoms with Gasteiger partial charge in [0.2, 0.25) is 10.0 Å². The Labute approximate surface area is 126 Å². The van der Waals surface area contributed by atoms with Gasteiger partial charge in [0.25, 0.3) is 0 Å². The molecule has 0 aliphatic rings. The predicted molar refractivity (Wildman–Crippen MR) is 81.9 cm³/mol. The molecule has 0 aliphatic heterocycles. The average Bonchev–Trinajstić information content (AvgIpc) is 2.45. The fourth-order valence-corrected chi connectivity index (χ4v) is 2.88. The highest BCUT2D eigenvalue weighted by Crippen LogP contribution is 2.16. The highest BCUT2D eigenvalue weighted by Gasteiger charge is 2.17. The van der Waals surface area contributed by atoms with Crippen molar-refractivity contribution < 1.29 is 17.9 Å². The maximum atomic E-state index is 12.2. The number of rotatable bonds is 10. The zero-order chi connectivity index (χ0) is 15.7. The summed E-state index contributed by atoms with van der Waals surface area (Å²) in [6, 6.07) is 6.04. The molecule has 1 unspecified atom stereocenters. The van der Waals surface area contributed by atoms with Crippen molar-refractivity contribution in [3.63, 3.8) is 0 Å². The summed E-state index contributed by atoms with van der Waals surface area (Å²) >= 11 is 0. The van der Waals surface area contributed by atoms with Crippen LogP contribution in [0, 0.1) is 0 Å². The third-order valence-corrected chi connectivity index (χ3v) is 4.28. The Hall–Kier alpha value is -1.15. The lowest BCUT2D eigenvalue weighted by molar-refractivity contribution is 0.133. The first-order chi connectivity index (χ1) is 9.99. The molecule has 1 rings (SSSR count). The quantitative estimate of drug-likeness (QED) is 0.631. The summed E-state index contributed by atoms with van der Waals surface area (Å²) in [5, 5.41) is 0. The highest BCUT2D eigenvalue weighted by molar-refractivity contribution is 7.89. The molecule has 3 N–H and O–H groups in total. The van der Waals surface area contributed by atoms with E-state index in [9.17, 15) is 8.42 Å². The molecular formula is C14H24N2O4S. The van der Waals surface area contributed by atoms with Crippen LogP contribution in [0.3, 0.4) is 0 Å². The summed E-state index contributed by atoms with van der Waals surface area (Å²) in [6.45, 7) is 5.61. The maximum absolute atomic E-state index is 12.2. The molecule has 0 heterocycles. The van der Waals surface area contributed by atoms with Crippen molar-refractivity contribution in [1.29, 1.82) is 0 Å². The Morgan fingerprint density at radius 1 is 1.29 bits per heavy atom. The molecule has 0 radical (unpaired) electrons. The minimum Gasteiger partial charge on any atom is -0.494 e. The molecule has 120 valence electrons. The fraction of sp³-hybridized carbons (Fsp3) is 0.571. The van der Waals surface area contributed by atoms with Gasteiger partial charge in [0.1, 0.15) is 5.75 Å². The van der Waals surface area contributed by atoms with Crippen LogP contribution in [0.4, 0.5) is 0 Å². The Bertz CT molecular complexity index is 502. The second kappa shape index (κ2) is 8.99. The van der Waals surface area contributed by atoms with E-state index < -0.39 is 10.0 Å². The number of nitrogens with two attached hydrogens (primary N) is 1. The van der Waals surface area contributed by atoms with E-state index in [2.05, 4.69) is 4.72 Å². The maximum Gasteiger partial charge on any atom is 0.240 e. The van der Waals surface area contributed by atoms with Gasteiger partial charge >= 0.3 is 0 Å². The summed E-state index contributed by atoms with van der Waals surface area (Å²) in [6.07, 6.45) is 0.760. The van der Waals surface area contributed by atoms with Gasteiger partial charge in [0, 0.05) is 12.6 Å². The largest absolute Gasteiger partial charge is 0.494 e. The van der Waals surface area contributed by atoms with E-state index in [-0.39, 0.29) is 10.9 Å². The van der Waals surface area contributed by atoms with Gasteiger partial charge in [-0.15, -0.1) is 0 Å². The lowest BCUT2D eigenvalue weighted by Crippen LogP contribution is -2.35. The van der Waals surface area contributed by atoms with Crippen molar-refractivity contribution in [1.82, 2.24) is 4.72 Å². The molecule has 21 heavy (non-hydrogen) atoms. The minimum atomic E-state index is -3.54. The van der Waals surface area contributed by atoms with Crippen LogP contribution in [-0.4, -0.2) is 40.8 Å². The Kier molecular flexibility index (Phi) is 7.66. The average molecular weight is 316 g/mol. The van der Waals surface area contributed by atoms with Gasteiger partial charge in [-0.2, -0.15) is 0 Å². The van der Waals surface area contributed by atoms with E-state index in [1.807, 2.05) is 6.92 Å². The zero-order valence-corrected chi connectivity index (χ0v) is 13.4. The summed E-state index contributed by atoms with van der Waals surface area (Å²) in [4.78, 5) is 0.206. The number of hydrogen-bond acceptors (Lipinski definition) is 5. The van der Waals surface area contributed by atoms with Crippen molar-refractivity contribution in [3.8, 4) is 5.75 Å². The Balaban J connectivity index is 2.62. The molecule has 0 fully saturated rings. The predicted octanol–water partition coefficient (Wildman–Crippen LogP) is 1.12. The number of ether oxygens (including phenoxy) is 2. The van der Waals surface area contributed by atoms with Crippen molar-refractivity contribution in [2.75, 3.05) is 26.4 Å². The molecule has 0 aliphatic carbocycles. The van der Waals surface area contributed by atoms with Gasteiger partial charge in [-0.3, -0.25) is 0 Å². The SMILES string of the molecule is CCOCC(C)NS(=O)(=O)c1ccc(OCCCN)cc1. The summed E-state index contributed by atoms with van der Waals surface area (Å²) in [5.41, 5.74) is 5.38. The van der Waals surface area contributed by atoms with Crippen LogP contribution < -0.4 is 15.2 Å².